The van der Waals surface area contributed by atoms with Crippen molar-refractivity contribution >= 4 is 45.0 Å². The summed E-state index contributed by atoms with van der Waals surface area (Å²) in [5, 5.41) is 8.79. The van der Waals surface area contributed by atoms with Crippen LogP contribution in [0.1, 0.15) is 24.5 Å². The average Bonchev–Trinajstić information content (AvgIpc) is 2.99. The Morgan fingerprint density at radius 3 is 2.71 bits per heavy atom. The van der Waals surface area contributed by atoms with Gasteiger partial charge in [0.05, 0.1) is 25.1 Å². The standard InChI is InChI=1S/C20H19BrFN3O2S/c1-3-18-19(26)25(12-13-4-7-16(22)8-5-13)20(28-18)24-23-11-14-10-15(21)6-9-17(14)27-2/h4-11,18H,3,12H2,1-2H3/b23-11+,24-20+. The van der Waals surface area contributed by atoms with E-state index in [0.717, 1.165) is 15.6 Å². The van der Waals surface area contributed by atoms with Crippen molar-refractivity contribution in [3.05, 3.63) is 63.9 Å². The van der Waals surface area contributed by atoms with Gasteiger partial charge < -0.3 is 4.74 Å². The van der Waals surface area contributed by atoms with E-state index in [9.17, 15) is 9.18 Å². The fourth-order valence-corrected chi connectivity index (χ4v) is 4.11. The summed E-state index contributed by atoms with van der Waals surface area (Å²) >= 11 is 4.82. The molecular weight excluding hydrogens is 445 g/mol. The number of thioether (sulfide) groups is 1. The van der Waals surface area contributed by atoms with Crippen molar-refractivity contribution in [2.75, 3.05) is 7.11 Å². The molecule has 0 bridgehead atoms. The molecule has 8 heteroatoms. The van der Waals surface area contributed by atoms with Gasteiger partial charge in [-0.3, -0.25) is 9.69 Å². The van der Waals surface area contributed by atoms with E-state index in [0.29, 0.717) is 23.9 Å². The van der Waals surface area contributed by atoms with Crippen LogP contribution >= 0.6 is 27.7 Å². The van der Waals surface area contributed by atoms with Crippen molar-refractivity contribution in [1.29, 1.82) is 0 Å². The van der Waals surface area contributed by atoms with Gasteiger partial charge in [-0.15, -0.1) is 5.10 Å². The van der Waals surface area contributed by atoms with E-state index in [2.05, 4.69) is 26.1 Å². The lowest BCUT2D eigenvalue weighted by Gasteiger charge is -2.15. The summed E-state index contributed by atoms with van der Waals surface area (Å²) in [7, 11) is 1.59. The van der Waals surface area contributed by atoms with Crippen molar-refractivity contribution in [2.45, 2.75) is 25.1 Å². The first kappa shape index (κ1) is 20.5. The first-order valence-corrected chi connectivity index (χ1v) is 10.4. The molecular formula is C20H19BrFN3O2S. The molecule has 3 rings (SSSR count). The maximum absolute atomic E-state index is 13.1. The van der Waals surface area contributed by atoms with E-state index in [1.165, 1.54) is 23.9 Å². The summed E-state index contributed by atoms with van der Waals surface area (Å²) in [6.45, 7) is 2.29. The Morgan fingerprint density at radius 1 is 1.29 bits per heavy atom. The summed E-state index contributed by atoms with van der Waals surface area (Å²) in [6.07, 6.45) is 2.29. The number of hydrogen-bond acceptors (Lipinski definition) is 5. The van der Waals surface area contributed by atoms with Crippen LogP contribution in [0.4, 0.5) is 4.39 Å². The molecule has 0 saturated carbocycles. The molecule has 1 aliphatic rings. The van der Waals surface area contributed by atoms with Gasteiger partial charge in [-0.2, -0.15) is 5.10 Å². The van der Waals surface area contributed by atoms with Gasteiger partial charge in [-0.25, -0.2) is 4.39 Å². The number of carbonyl (C=O) groups excluding carboxylic acids is 1. The molecule has 146 valence electrons. The van der Waals surface area contributed by atoms with Crippen molar-refractivity contribution in [3.63, 3.8) is 0 Å². The molecule has 1 unspecified atom stereocenters. The Bertz CT molecular complexity index is 918. The van der Waals surface area contributed by atoms with Crippen LogP contribution in [0.2, 0.25) is 0 Å². The number of benzene rings is 2. The highest BCUT2D eigenvalue weighted by atomic mass is 79.9. The molecule has 1 amide bonds. The Hall–Kier alpha value is -2.19. The molecule has 1 atom stereocenters. The van der Waals surface area contributed by atoms with E-state index in [-0.39, 0.29) is 17.0 Å². The molecule has 1 saturated heterocycles. The van der Waals surface area contributed by atoms with Gasteiger partial charge in [0.1, 0.15) is 11.6 Å². The number of nitrogens with zero attached hydrogens (tertiary/aromatic N) is 3. The van der Waals surface area contributed by atoms with E-state index in [1.54, 1.807) is 30.4 Å². The van der Waals surface area contributed by atoms with E-state index in [1.807, 2.05) is 25.1 Å². The van der Waals surface area contributed by atoms with Crippen LogP contribution in [0.3, 0.4) is 0 Å². The molecule has 0 spiro atoms. The summed E-state index contributed by atoms with van der Waals surface area (Å²) in [6, 6.07) is 11.7. The van der Waals surface area contributed by atoms with Gasteiger partial charge in [0, 0.05) is 10.0 Å². The number of amides is 1. The smallest absolute Gasteiger partial charge is 0.242 e. The third-order valence-corrected chi connectivity index (χ3v) is 6.00. The number of amidine groups is 1. The maximum atomic E-state index is 13.1. The first-order chi connectivity index (χ1) is 13.5. The van der Waals surface area contributed by atoms with Crippen molar-refractivity contribution in [1.82, 2.24) is 4.90 Å². The number of rotatable bonds is 6. The predicted octanol–water partition coefficient (Wildman–Crippen LogP) is 4.84. The largest absolute Gasteiger partial charge is 0.496 e. The SMILES string of the molecule is CCC1S/C(=N/N=C/c2cc(Br)ccc2OC)N(Cc2ccc(F)cc2)C1=O. The van der Waals surface area contributed by atoms with Gasteiger partial charge >= 0.3 is 0 Å². The Balaban J connectivity index is 1.84. The first-order valence-electron chi connectivity index (χ1n) is 8.69. The highest BCUT2D eigenvalue weighted by Gasteiger charge is 2.36. The molecule has 1 aliphatic heterocycles. The van der Waals surface area contributed by atoms with Crippen molar-refractivity contribution in [2.24, 2.45) is 10.2 Å². The number of methoxy groups -OCH3 is 1. The minimum Gasteiger partial charge on any atom is -0.496 e. The second-order valence-electron chi connectivity index (χ2n) is 6.08. The lowest BCUT2D eigenvalue weighted by Crippen LogP contribution is -2.31. The van der Waals surface area contributed by atoms with Crippen molar-refractivity contribution < 1.29 is 13.9 Å². The highest BCUT2D eigenvalue weighted by Crippen LogP contribution is 2.31. The summed E-state index contributed by atoms with van der Waals surface area (Å²) in [4.78, 5) is 14.3. The van der Waals surface area contributed by atoms with Crippen LogP contribution in [0.15, 0.2) is 57.1 Å². The van der Waals surface area contributed by atoms with E-state index >= 15 is 0 Å². The number of ether oxygens (including phenoxy) is 1. The number of carbonyl (C=O) groups is 1. The normalized spacial score (nSPS) is 18.4. The van der Waals surface area contributed by atoms with Gasteiger partial charge in [0.15, 0.2) is 5.17 Å². The summed E-state index contributed by atoms with van der Waals surface area (Å²) in [5.41, 5.74) is 1.60. The lowest BCUT2D eigenvalue weighted by atomic mass is 10.2. The minimum atomic E-state index is -0.307. The Labute approximate surface area is 175 Å². The molecule has 1 fully saturated rings. The molecule has 1 heterocycles. The second-order valence-corrected chi connectivity index (χ2v) is 8.16. The van der Waals surface area contributed by atoms with Crippen LogP contribution in [0.5, 0.6) is 5.75 Å². The number of halogens is 2. The highest BCUT2D eigenvalue weighted by molar-refractivity contribution is 9.10. The zero-order chi connectivity index (χ0) is 20.1. The average molecular weight is 464 g/mol. The fraction of sp³-hybridized carbons (Fsp3) is 0.250. The Morgan fingerprint density at radius 2 is 2.04 bits per heavy atom. The van der Waals surface area contributed by atoms with Crippen LogP contribution in [0, 0.1) is 5.82 Å². The topological polar surface area (TPSA) is 54.3 Å². The van der Waals surface area contributed by atoms with Gasteiger partial charge in [0.2, 0.25) is 5.91 Å². The van der Waals surface area contributed by atoms with E-state index < -0.39 is 0 Å². The third-order valence-electron chi connectivity index (χ3n) is 4.18. The monoisotopic (exact) mass is 463 g/mol. The maximum Gasteiger partial charge on any atom is 0.242 e. The molecule has 0 N–H and O–H groups in total. The van der Waals surface area contributed by atoms with Crippen LogP contribution in [-0.4, -0.2) is 34.5 Å². The van der Waals surface area contributed by atoms with Crippen LogP contribution in [-0.2, 0) is 11.3 Å². The van der Waals surface area contributed by atoms with Gasteiger partial charge in [0.25, 0.3) is 0 Å². The molecule has 2 aromatic rings. The quantitative estimate of drug-likeness (QED) is 0.454. The van der Waals surface area contributed by atoms with Gasteiger partial charge in [-0.05, 0) is 42.3 Å². The van der Waals surface area contributed by atoms with Crippen LogP contribution < -0.4 is 4.74 Å². The lowest BCUT2D eigenvalue weighted by molar-refractivity contribution is -0.126. The second kappa shape index (κ2) is 9.34. The third kappa shape index (κ3) is 4.80. The molecule has 0 aliphatic carbocycles. The van der Waals surface area contributed by atoms with E-state index in [4.69, 9.17) is 4.74 Å². The molecule has 5 nitrogen and oxygen atoms in total. The summed E-state index contributed by atoms with van der Waals surface area (Å²) < 4.78 is 19.4. The zero-order valence-electron chi connectivity index (χ0n) is 15.4. The molecule has 0 aromatic heterocycles. The molecule has 2 aromatic carbocycles. The number of hydrogen-bond donors (Lipinski definition) is 0. The van der Waals surface area contributed by atoms with Crippen LogP contribution in [0.25, 0.3) is 0 Å². The van der Waals surface area contributed by atoms with Crippen molar-refractivity contribution in [3.8, 4) is 5.75 Å². The fourth-order valence-electron chi connectivity index (χ4n) is 2.71. The predicted molar refractivity (Wildman–Crippen MR) is 114 cm³/mol. The zero-order valence-corrected chi connectivity index (χ0v) is 17.8. The van der Waals surface area contributed by atoms with Gasteiger partial charge in [-0.1, -0.05) is 46.7 Å². The Kier molecular flexibility index (Phi) is 6.85. The summed E-state index contributed by atoms with van der Waals surface area (Å²) in [5.74, 6) is 0.362. The minimum absolute atomic E-state index is 0.00851. The molecule has 28 heavy (non-hydrogen) atoms. The molecule has 0 radical (unpaired) electrons.